The van der Waals surface area contributed by atoms with Crippen LogP contribution in [0.15, 0.2) is 95.1 Å². The van der Waals surface area contributed by atoms with Crippen molar-refractivity contribution in [3.63, 3.8) is 0 Å². The molecular formula is C24H20O2. The number of rotatable bonds is 4. The third-order valence-corrected chi connectivity index (χ3v) is 5.22. The summed E-state index contributed by atoms with van der Waals surface area (Å²) < 4.78 is 0. The topological polar surface area (TPSA) is 34.1 Å². The molecule has 0 heterocycles. The first kappa shape index (κ1) is 16.5. The van der Waals surface area contributed by atoms with Gasteiger partial charge in [0.15, 0.2) is 11.6 Å². The second-order valence-corrected chi connectivity index (χ2v) is 7.01. The quantitative estimate of drug-likeness (QED) is 0.566. The van der Waals surface area contributed by atoms with E-state index >= 15 is 0 Å². The van der Waals surface area contributed by atoms with Crippen molar-refractivity contribution in [2.45, 2.75) is 13.8 Å². The molecule has 0 saturated carbocycles. The van der Waals surface area contributed by atoms with Crippen LogP contribution < -0.4 is 0 Å². The van der Waals surface area contributed by atoms with E-state index in [1.807, 2.05) is 60.7 Å². The largest absolute Gasteiger partial charge is 0.289 e. The number of hydrogen-bond donors (Lipinski definition) is 0. The van der Waals surface area contributed by atoms with E-state index in [-0.39, 0.29) is 23.4 Å². The minimum absolute atomic E-state index is 0.0412. The molecule has 0 saturated heterocycles. The summed E-state index contributed by atoms with van der Waals surface area (Å²) >= 11 is 0. The minimum Gasteiger partial charge on any atom is -0.289 e. The Morgan fingerprint density at radius 1 is 0.654 bits per heavy atom. The molecule has 2 unspecified atom stereocenters. The fourth-order valence-electron chi connectivity index (χ4n) is 4.10. The van der Waals surface area contributed by atoms with Crippen molar-refractivity contribution in [2.24, 2.45) is 11.8 Å². The maximum absolute atomic E-state index is 13.3. The molecule has 4 rings (SSSR count). The van der Waals surface area contributed by atoms with Gasteiger partial charge in [-0.15, -0.1) is 0 Å². The standard InChI is InChI=1S/C24H20O2/c1-15(2)20-18-13-14-19(20)22(24(26)17-11-7-4-8-12-17)21(18)23(25)16-9-5-3-6-10-16/h3-14,18-19H,1-2H3. The molecule has 2 atom stereocenters. The van der Waals surface area contributed by atoms with Gasteiger partial charge in [-0.2, -0.15) is 0 Å². The van der Waals surface area contributed by atoms with Crippen LogP contribution in [-0.2, 0) is 0 Å². The van der Waals surface area contributed by atoms with Gasteiger partial charge in [-0.05, 0) is 19.4 Å². The van der Waals surface area contributed by atoms with Crippen molar-refractivity contribution in [1.29, 1.82) is 0 Å². The van der Waals surface area contributed by atoms with Gasteiger partial charge < -0.3 is 0 Å². The number of Topliss-reactive ketones (excluding diaryl/α,β-unsaturated/α-hetero) is 2. The van der Waals surface area contributed by atoms with E-state index in [1.165, 1.54) is 11.1 Å². The third kappa shape index (κ3) is 2.50. The van der Waals surface area contributed by atoms with E-state index in [9.17, 15) is 9.59 Å². The number of carbonyl (C=O) groups is 2. The molecule has 2 aliphatic rings. The first-order valence-electron chi connectivity index (χ1n) is 8.88. The zero-order valence-corrected chi connectivity index (χ0v) is 14.9. The van der Waals surface area contributed by atoms with Crippen LogP contribution in [0, 0.1) is 11.8 Å². The lowest BCUT2D eigenvalue weighted by molar-refractivity contribution is 0.0994. The van der Waals surface area contributed by atoms with Crippen LogP contribution in [0.3, 0.4) is 0 Å². The summed E-state index contributed by atoms with van der Waals surface area (Å²) in [5.41, 5.74) is 4.93. The van der Waals surface area contributed by atoms with Crippen molar-refractivity contribution >= 4 is 11.6 Å². The highest BCUT2D eigenvalue weighted by Crippen LogP contribution is 2.51. The van der Waals surface area contributed by atoms with Gasteiger partial charge in [-0.1, -0.05) is 78.4 Å². The van der Waals surface area contributed by atoms with Crippen molar-refractivity contribution < 1.29 is 9.59 Å². The zero-order valence-electron chi connectivity index (χ0n) is 14.9. The molecular weight excluding hydrogens is 320 g/mol. The van der Waals surface area contributed by atoms with E-state index in [1.54, 1.807) is 0 Å². The first-order chi connectivity index (χ1) is 12.6. The fourth-order valence-corrected chi connectivity index (χ4v) is 4.10. The molecule has 26 heavy (non-hydrogen) atoms. The van der Waals surface area contributed by atoms with Gasteiger partial charge >= 0.3 is 0 Å². The Kier molecular flexibility index (Phi) is 4.04. The molecule has 0 aliphatic heterocycles. The summed E-state index contributed by atoms with van der Waals surface area (Å²) in [6.45, 7) is 4.12. The molecule has 0 aromatic heterocycles. The van der Waals surface area contributed by atoms with Gasteiger partial charge in [0.2, 0.25) is 0 Å². The SMILES string of the molecule is CC(C)=C1C2C=CC1C(C(=O)c1ccccc1)=C2C(=O)c1ccccc1. The Balaban J connectivity index is 1.88. The van der Waals surface area contributed by atoms with Crippen LogP contribution in [0.5, 0.6) is 0 Å². The number of fused-ring (bicyclic) bond motifs is 2. The second-order valence-electron chi connectivity index (χ2n) is 7.01. The lowest BCUT2D eigenvalue weighted by Crippen LogP contribution is -2.16. The predicted molar refractivity (Wildman–Crippen MR) is 103 cm³/mol. The molecule has 2 nitrogen and oxygen atoms in total. The average Bonchev–Trinajstić information content (AvgIpc) is 3.24. The Hall–Kier alpha value is -3.00. The average molecular weight is 340 g/mol. The maximum atomic E-state index is 13.3. The molecule has 2 heteroatoms. The summed E-state index contributed by atoms with van der Waals surface area (Å²) in [7, 11) is 0. The van der Waals surface area contributed by atoms with Gasteiger partial charge in [0.1, 0.15) is 0 Å². The van der Waals surface area contributed by atoms with Crippen LogP contribution in [0.25, 0.3) is 0 Å². The number of ketones is 2. The molecule has 2 aromatic rings. The van der Waals surface area contributed by atoms with Gasteiger partial charge in [0.05, 0.1) is 0 Å². The molecule has 0 N–H and O–H groups in total. The predicted octanol–water partition coefficient (Wildman–Crippen LogP) is 5.20. The highest BCUT2D eigenvalue weighted by Gasteiger charge is 2.45. The Morgan fingerprint density at radius 2 is 1.04 bits per heavy atom. The highest BCUT2D eigenvalue weighted by molar-refractivity contribution is 6.20. The lowest BCUT2D eigenvalue weighted by Gasteiger charge is -2.14. The number of benzene rings is 2. The van der Waals surface area contributed by atoms with Crippen molar-refractivity contribution in [3.8, 4) is 0 Å². The molecule has 0 spiro atoms. The maximum Gasteiger partial charge on any atom is 0.190 e. The Labute approximate surface area is 153 Å². The molecule has 2 aliphatic carbocycles. The van der Waals surface area contributed by atoms with Gasteiger partial charge in [0.25, 0.3) is 0 Å². The monoisotopic (exact) mass is 340 g/mol. The van der Waals surface area contributed by atoms with Crippen LogP contribution in [0.2, 0.25) is 0 Å². The molecule has 0 amide bonds. The van der Waals surface area contributed by atoms with Crippen molar-refractivity contribution in [3.05, 3.63) is 106 Å². The van der Waals surface area contributed by atoms with Crippen molar-refractivity contribution in [1.82, 2.24) is 0 Å². The normalized spacial score (nSPS) is 20.6. The zero-order chi connectivity index (χ0) is 18.3. The second kappa shape index (κ2) is 6.38. The summed E-state index contributed by atoms with van der Waals surface area (Å²) in [6.07, 6.45) is 4.15. The van der Waals surface area contributed by atoms with Crippen LogP contribution in [0.1, 0.15) is 34.6 Å². The number of hydrogen-bond acceptors (Lipinski definition) is 2. The summed E-state index contributed by atoms with van der Waals surface area (Å²) in [4.78, 5) is 26.6. The van der Waals surface area contributed by atoms with E-state index in [0.717, 1.165) is 0 Å². The molecule has 2 bridgehead atoms. The minimum atomic E-state index is -0.0830. The number of allylic oxidation sites excluding steroid dienone is 6. The summed E-state index contributed by atoms with van der Waals surface area (Å²) in [5, 5.41) is 0. The van der Waals surface area contributed by atoms with Gasteiger partial charge in [-0.25, -0.2) is 0 Å². The number of carbonyl (C=O) groups excluding carboxylic acids is 2. The molecule has 2 aromatic carbocycles. The molecule has 0 fully saturated rings. The lowest BCUT2D eigenvalue weighted by atomic mass is 9.87. The van der Waals surface area contributed by atoms with E-state index in [0.29, 0.717) is 22.3 Å². The Bertz CT molecular complexity index is 898. The van der Waals surface area contributed by atoms with E-state index in [2.05, 4.69) is 26.0 Å². The van der Waals surface area contributed by atoms with Gasteiger partial charge in [0, 0.05) is 34.1 Å². The first-order valence-corrected chi connectivity index (χ1v) is 8.88. The smallest absolute Gasteiger partial charge is 0.190 e. The Morgan fingerprint density at radius 3 is 1.38 bits per heavy atom. The molecule has 128 valence electrons. The summed E-state index contributed by atoms with van der Waals surface area (Å²) in [5.74, 6) is -0.248. The van der Waals surface area contributed by atoms with Crippen LogP contribution >= 0.6 is 0 Å². The van der Waals surface area contributed by atoms with Gasteiger partial charge in [-0.3, -0.25) is 9.59 Å². The van der Waals surface area contributed by atoms with E-state index in [4.69, 9.17) is 0 Å². The van der Waals surface area contributed by atoms with E-state index < -0.39 is 0 Å². The van der Waals surface area contributed by atoms with Crippen molar-refractivity contribution in [2.75, 3.05) is 0 Å². The fraction of sp³-hybridized carbons (Fsp3) is 0.167. The molecule has 0 radical (unpaired) electrons. The summed E-state index contributed by atoms with van der Waals surface area (Å²) in [6, 6.07) is 18.5. The third-order valence-electron chi connectivity index (χ3n) is 5.22. The van der Waals surface area contributed by atoms with Crippen LogP contribution in [-0.4, -0.2) is 11.6 Å². The van der Waals surface area contributed by atoms with Crippen LogP contribution in [0.4, 0.5) is 0 Å². The highest BCUT2D eigenvalue weighted by atomic mass is 16.1.